The molecule has 2 aromatic carbocycles. The number of phenolic OH excluding ortho intramolecular Hbond substituents is 1. The molecule has 6 heterocycles. The zero-order chi connectivity index (χ0) is 61.7. The maximum atomic E-state index is 16.1. The summed E-state index contributed by atoms with van der Waals surface area (Å²) in [5.74, 6) is -11.2. The summed E-state index contributed by atoms with van der Waals surface area (Å²) in [6, 6.07) is 0.371. The van der Waals surface area contributed by atoms with Gasteiger partial charge in [-0.3, -0.25) is 33.8 Å². The molecule has 1 saturated carbocycles. The molecule has 10 atom stereocenters. The number of aromatic nitrogens is 1. The second kappa shape index (κ2) is 24.9. The largest absolute Gasteiger partial charge is 0.507 e. The van der Waals surface area contributed by atoms with E-state index in [0.717, 1.165) is 18.9 Å². The van der Waals surface area contributed by atoms with Crippen molar-refractivity contribution in [1.29, 1.82) is 0 Å². The zero-order valence-corrected chi connectivity index (χ0v) is 49.6. The van der Waals surface area contributed by atoms with Crippen LogP contribution >= 0.6 is 11.6 Å². The lowest BCUT2D eigenvalue weighted by Gasteiger charge is -2.38. The predicted octanol–water partition coefficient (Wildman–Crippen LogP) is 5.82. The number of halogens is 2. The van der Waals surface area contributed by atoms with Gasteiger partial charge in [-0.2, -0.15) is 0 Å². The minimum Gasteiger partial charge on any atom is -0.507 e. The highest BCUT2D eigenvalue weighted by atomic mass is 35.5. The van der Waals surface area contributed by atoms with Crippen molar-refractivity contribution in [3.8, 4) is 11.5 Å². The number of esters is 1. The number of ketones is 2. The van der Waals surface area contributed by atoms with Crippen molar-refractivity contribution < 1.29 is 77.3 Å². The molecule has 24 heteroatoms. The number of anilines is 1. The van der Waals surface area contributed by atoms with Crippen molar-refractivity contribution in [3.63, 3.8) is 0 Å². The Morgan fingerprint density at radius 3 is 2.31 bits per heavy atom. The van der Waals surface area contributed by atoms with Crippen LogP contribution in [0.3, 0.4) is 0 Å². The normalized spacial score (nSPS) is 29.5. The molecule has 3 fully saturated rings. The molecular formula is C61H72ClFN6O16. The Morgan fingerprint density at radius 1 is 0.941 bits per heavy atom. The number of aromatic hydroxyl groups is 1. The van der Waals surface area contributed by atoms with Crippen molar-refractivity contribution >= 4 is 69.2 Å². The molecule has 0 spiro atoms. The summed E-state index contributed by atoms with van der Waals surface area (Å²) >= 11 is 6.93. The van der Waals surface area contributed by atoms with Gasteiger partial charge in [0.15, 0.2) is 0 Å². The Balaban J connectivity index is 1.08. The first-order valence-electron chi connectivity index (χ1n) is 28.5. The van der Waals surface area contributed by atoms with Gasteiger partial charge < -0.3 is 69.1 Å². The number of allylic oxidation sites excluding steroid dienone is 4. The van der Waals surface area contributed by atoms with E-state index in [0.29, 0.717) is 6.42 Å². The van der Waals surface area contributed by atoms with Gasteiger partial charge >= 0.3 is 11.9 Å². The van der Waals surface area contributed by atoms with E-state index in [-0.39, 0.29) is 119 Å². The van der Waals surface area contributed by atoms with Crippen LogP contribution in [-0.2, 0) is 33.3 Å². The van der Waals surface area contributed by atoms with Crippen molar-refractivity contribution in [3.05, 3.63) is 109 Å². The minimum atomic E-state index is -1.97. The van der Waals surface area contributed by atoms with Crippen LogP contribution in [0.5, 0.6) is 11.5 Å². The average Bonchev–Trinajstić information content (AvgIpc) is 1.71. The van der Waals surface area contributed by atoms with E-state index in [1.165, 1.54) is 59.4 Å². The van der Waals surface area contributed by atoms with Crippen molar-refractivity contribution in [2.45, 2.75) is 123 Å². The number of aromatic carboxylic acids is 1. The van der Waals surface area contributed by atoms with Crippen LogP contribution in [0.25, 0.3) is 10.9 Å². The third-order valence-corrected chi connectivity index (χ3v) is 17.5. The summed E-state index contributed by atoms with van der Waals surface area (Å²) in [7, 11) is 1.43. The Hall–Kier alpha value is -7.44. The number of carbonyl (C=O) groups excluding carboxylic acids is 5. The summed E-state index contributed by atoms with van der Waals surface area (Å²) in [5, 5.41) is 50.5. The number of nitrogens with one attached hydrogen (secondary N) is 2. The van der Waals surface area contributed by atoms with Crippen LogP contribution in [0.2, 0.25) is 5.02 Å². The first-order valence-corrected chi connectivity index (χ1v) is 28.9. The van der Waals surface area contributed by atoms with Crippen LogP contribution in [0, 0.1) is 36.4 Å². The highest BCUT2D eigenvalue weighted by Crippen LogP contribution is 2.50. The second-order valence-corrected chi connectivity index (χ2v) is 23.4. The number of morpholine rings is 1. The molecule has 5 bridgehead atoms. The molecule has 6 N–H and O–H groups in total. The third-order valence-electron chi connectivity index (χ3n) is 17.1. The number of amides is 2. The monoisotopic (exact) mass is 1200 g/mol. The van der Waals surface area contributed by atoms with Crippen molar-refractivity contribution in [1.82, 2.24) is 20.1 Å². The molecule has 2 saturated heterocycles. The second-order valence-electron chi connectivity index (χ2n) is 23.0. The maximum Gasteiger partial charge on any atom is 0.341 e. The summed E-state index contributed by atoms with van der Waals surface area (Å²) in [5.41, 5.74) is -2.37. The van der Waals surface area contributed by atoms with Crippen molar-refractivity contribution in [2.24, 2.45) is 28.7 Å². The molecule has 456 valence electrons. The Kier molecular flexibility index (Phi) is 18.2. The molecule has 85 heavy (non-hydrogen) atoms. The number of pyridine rings is 1. The van der Waals surface area contributed by atoms with E-state index >= 15 is 14.0 Å². The fraction of sp³-hybridized carbons (Fsp3) is 0.508. The number of benzene rings is 2. The number of aliphatic hydroxyl groups is 2. The van der Waals surface area contributed by atoms with Crippen LogP contribution in [-0.4, -0.2) is 160 Å². The summed E-state index contributed by atoms with van der Waals surface area (Å²) in [4.78, 5) is 105. The molecule has 1 aromatic heterocycles. The standard InChI is InChI=1S/C61H72ClFN6O16/c1-28-11-10-12-29(2)59(78)66-46-49(67-20-23-82-24-21-67)55(77)42-43(54(46)76)52(74)33(6)57-44(42)58(61(8,85-57)83-22-17-40(81-9)30(3)56(84-34(7)70)32(5)51(73)31(4)50(28)72)64-18-15-41(71)65-35-16-19-68(26-35)48-39(63)25-37-47(45(48)62)69(36-13-14-36)27-38(53(37)75)60(79)80/h10-12,17,22,25,27-28,30-32,35-36,40,50-51,56,72-74H,13-16,18-21,23-24,26H2,1-9H3,(H,65,71)(H,66,78)(H,79,80)/b11-10+,22-17+,29-12-,64-58?/t28-,30+,31+,32+,35?,40-,50-,51+,56+,61-/m0/s1. The predicted molar refractivity (Wildman–Crippen MR) is 309 cm³/mol. The van der Waals surface area contributed by atoms with Gasteiger partial charge in [0.25, 0.3) is 11.7 Å². The van der Waals surface area contributed by atoms with E-state index < -0.39 is 129 Å². The number of aliphatic imine (C=N–C) groups is 1. The zero-order valence-electron chi connectivity index (χ0n) is 48.8. The summed E-state index contributed by atoms with van der Waals surface area (Å²) in [6.45, 7) is 13.3. The van der Waals surface area contributed by atoms with Gasteiger partial charge in [-0.05, 0) is 45.3 Å². The number of fused-ring (bicyclic) bond motifs is 15. The molecule has 22 nitrogen and oxygen atoms in total. The molecule has 7 aliphatic rings. The van der Waals surface area contributed by atoms with Crippen LogP contribution in [0.15, 0.2) is 69.6 Å². The van der Waals surface area contributed by atoms with Gasteiger partial charge in [0, 0.05) is 113 Å². The fourth-order valence-corrected chi connectivity index (χ4v) is 12.6. The summed E-state index contributed by atoms with van der Waals surface area (Å²) < 4.78 is 48.2. The molecule has 2 amide bonds. The highest BCUT2D eigenvalue weighted by Gasteiger charge is 2.52. The lowest BCUT2D eigenvalue weighted by Crippen LogP contribution is -2.46. The minimum absolute atomic E-state index is 0.00494. The van der Waals surface area contributed by atoms with Crippen LogP contribution < -0.4 is 25.7 Å². The number of phenols is 1. The molecule has 5 aliphatic heterocycles. The molecule has 0 radical (unpaired) electrons. The number of hydrogen-bond donors (Lipinski definition) is 6. The third kappa shape index (κ3) is 12.0. The maximum absolute atomic E-state index is 16.1. The number of Topliss-reactive ketones (excluding diaryl/α,β-unsaturated/α-hetero) is 2. The smallest absolute Gasteiger partial charge is 0.341 e. The fourth-order valence-electron chi connectivity index (χ4n) is 12.2. The Morgan fingerprint density at radius 2 is 1.65 bits per heavy atom. The van der Waals surface area contributed by atoms with Gasteiger partial charge in [0.1, 0.15) is 46.1 Å². The van der Waals surface area contributed by atoms with Gasteiger partial charge in [-0.15, -0.1) is 0 Å². The number of aliphatic hydroxyl groups excluding tert-OH is 2. The van der Waals surface area contributed by atoms with Crippen molar-refractivity contribution in [2.75, 3.05) is 57.9 Å². The van der Waals surface area contributed by atoms with E-state index in [4.69, 9.17) is 40.3 Å². The first kappa shape index (κ1) is 62.1. The molecule has 10 rings (SSSR count). The lowest BCUT2D eigenvalue weighted by molar-refractivity contribution is -0.160. The Bertz CT molecular complexity index is 3470. The van der Waals surface area contributed by atoms with Gasteiger partial charge in [0.2, 0.25) is 22.9 Å². The number of ether oxygens (including phenoxy) is 5. The SMILES string of the molecule is CO[C@H]1/C=C/O[C@@]2(C)Oc3c(C)c(O)c4c(c3C2=NCCC(=O)NC2CCN(c3c(F)cc5c(=O)c(C(=O)O)cn(C6CC6)c5c3Cl)C2)C(=O)C(N2CCOCC2)=C(NC(=O)/C(C)=C\C=C\[C@H](C)[C@H](O)[C@@H](C)[C@@H](O)[C@@H](C)[C@H](OC(C)=O)[C@@H]1C)C4=O. The molecule has 3 aromatic rings. The van der Waals surface area contributed by atoms with Gasteiger partial charge in [-0.1, -0.05) is 57.5 Å². The first-order chi connectivity index (χ1) is 40.3. The number of carboxylic acids is 1. The van der Waals surface area contributed by atoms with Gasteiger partial charge in [-0.25, -0.2) is 9.18 Å². The van der Waals surface area contributed by atoms with Crippen LogP contribution in [0.4, 0.5) is 10.1 Å². The average molecular weight is 1200 g/mol. The molecule has 1 unspecified atom stereocenters. The number of nitrogens with zero attached hydrogens (tertiary/aromatic N) is 4. The number of carbonyl (C=O) groups is 6. The number of hydrogen-bond acceptors (Lipinski definition) is 18. The topological polar surface area (TPSA) is 294 Å². The van der Waals surface area contributed by atoms with Crippen LogP contribution in [0.1, 0.15) is 122 Å². The van der Waals surface area contributed by atoms with E-state index in [1.807, 2.05) is 0 Å². The summed E-state index contributed by atoms with van der Waals surface area (Å²) in [6.07, 6.45) is 6.07. The Labute approximate surface area is 494 Å². The highest BCUT2D eigenvalue weighted by molar-refractivity contribution is 6.38. The molecule has 2 aliphatic carbocycles. The van der Waals surface area contributed by atoms with E-state index in [1.54, 1.807) is 54.2 Å². The van der Waals surface area contributed by atoms with E-state index in [9.17, 15) is 44.4 Å². The quantitative estimate of drug-likeness (QED) is 0.130. The number of rotatable bonds is 10. The van der Waals surface area contributed by atoms with Gasteiger partial charge in [0.05, 0.1) is 76.1 Å². The van der Waals surface area contributed by atoms with E-state index in [2.05, 4.69) is 10.6 Å². The molecular weight excluding hydrogens is 1130 g/mol. The number of carboxylic acid groups (broad SMARTS) is 1. The lowest BCUT2D eigenvalue weighted by atomic mass is 9.78. The number of methoxy groups -OCH3 is 1.